The van der Waals surface area contributed by atoms with E-state index >= 15 is 0 Å². The summed E-state index contributed by atoms with van der Waals surface area (Å²) in [5.41, 5.74) is -1.81. The average molecular weight is 587 g/mol. The fraction of sp³-hybridized carbons (Fsp3) is 0.528. The maximum absolute atomic E-state index is 14.4. The van der Waals surface area contributed by atoms with Crippen LogP contribution >= 0.6 is 0 Å². The van der Waals surface area contributed by atoms with Crippen molar-refractivity contribution in [2.24, 2.45) is 40.4 Å². The standard InChI is InChI=1S/C36H42O7/c1-8-19(4)15-21-9-11-22(12-10-21)23-13-14-25(38)27-24(23)16-34(6)17-35(7)28(18(2)3)30(39)26(20(5)37)32(41)36(35,43)33(42)29(34)31(27)40/h9-14,18-19,26,28-29,38,43H,8,15-17H2,1-7H3/t19?,26?,28?,29?,34-,35-,36+/m1/s1. The molecule has 43 heavy (non-hydrogen) atoms. The Hall–Kier alpha value is -3.45. The van der Waals surface area contributed by atoms with Crippen LogP contribution in [-0.2, 0) is 32.0 Å². The van der Waals surface area contributed by atoms with Gasteiger partial charge < -0.3 is 10.2 Å². The molecule has 0 bridgehead atoms. The minimum Gasteiger partial charge on any atom is -0.507 e. The Kier molecular flexibility index (Phi) is 7.44. The first kappa shape index (κ1) is 31.0. The molecule has 4 unspecified atom stereocenters. The zero-order valence-corrected chi connectivity index (χ0v) is 26.1. The summed E-state index contributed by atoms with van der Waals surface area (Å²) in [5.74, 6) is -8.30. The highest BCUT2D eigenvalue weighted by atomic mass is 16.3. The highest BCUT2D eigenvalue weighted by molar-refractivity contribution is 6.32. The van der Waals surface area contributed by atoms with Gasteiger partial charge in [0.15, 0.2) is 28.7 Å². The molecule has 2 aromatic rings. The van der Waals surface area contributed by atoms with Gasteiger partial charge in [-0.15, -0.1) is 0 Å². The SMILES string of the molecule is CCC(C)Cc1ccc(-c2ccc(O)c3c2C[C@]2(C)C[C@]4(C)C(C(C)C)C(=O)C(C(C)=O)C(=O)[C@]4(O)C(=O)C2C3=O)cc1. The Morgan fingerprint density at radius 3 is 2.16 bits per heavy atom. The number of carbonyl (C=O) groups excluding carboxylic acids is 5. The Morgan fingerprint density at radius 2 is 1.60 bits per heavy atom. The second kappa shape index (κ2) is 10.3. The van der Waals surface area contributed by atoms with Crippen molar-refractivity contribution in [2.75, 3.05) is 0 Å². The van der Waals surface area contributed by atoms with Crippen LogP contribution in [0.25, 0.3) is 11.1 Å². The minimum atomic E-state index is -2.69. The number of carbonyl (C=O) groups is 5. The molecule has 2 N–H and O–H groups in total. The van der Waals surface area contributed by atoms with Gasteiger partial charge in [0, 0.05) is 11.3 Å². The molecule has 0 aromatic heterocycles. The fourth-order valence-corrected chi connectivity index (χ4v) is 8.77. The zero-order valence-electron chi connectivity index (χ0n) is 26.1. The van der Waals surface area contributed by atoms with Crippen LogP contribution in [0.2, 0.25) is 0 Å². The molecule has 0 spiro atoms. The van der Waals surface area contributed by atoms with Gasteiger partial charge in [-0.1, -0.05) is 78.3 Å². The monoisotopic (exact) mass is 586 g/mol. The number of Topliss-reactive ketones (excluding diaryl/α,β-unsaturated/α-hetero) is 5. The summed E-state index contributed by atoms with van der Waals surface area (Å²) >= 11 is 0. The average Bonchev–Trinajstić information content (AvgIpc) is 2.91. The van der Waals surface area contributed by atoms with E-state index in [1.54, 1.807) is 33.8 Å². The van der Waals surface area contributed by atoms with Crippen molar-refractivity contribution in [1.29, 1.82) is 0 Å². The van der Waals surface area contributed by atoms with E-state index in [1.807, 2.05) is 12.1 Å². The van der Waals surface area contributed by atoms with E-state index in [4.69, 9.17) is 0 Å². The van der Waals surface area contributed by atoms with E-state index in [2.05, 4.69) is 26.0 Å². The molecule has 0 saturated heterocycles. The van der Waals surface area contributed by atoms with Gasteiger partial charge in [0.25, 0.3) is 0 Å². The number of benzene rings is 2. The smallest absolute Gasteiger partial charge is 0.190 e. The summed E-state index contributed by atoms with van der Waals surface area (Å²) in [6, 6.07) is 11.4. The Bertz CT molecular complexity index is 1550. The second-order valence-corrected chi connectivity index (χ2v) is 14.2. The summed E-state index contributed by atoms with van der Waals surface area (Å²) < 4.78 is 0. The van der Waals surface area contributed by atoms with Crippen molar-refractivity contribution < 1.29 is 34.2 Å². The van der Waals surface area contributed by atoms with E-state index in [1.165, 1.54) is 11.6 Å². The molecule has 7 atom stereocenters. The topological polar surface area (TPSA) is 126 Å². The van der Waals surface area contributed by atoms with Crippen molar-refractivity contribution in [2.45, 2.75) is 79.8 Å². The Labute approximate surface area is 253 Å². The van der Waals surface area contributed by atoms with Crippen LogP contribution in [0.4, 0.5) is 0 Å². The van der Waals surface area contributed by atoms with Crippen molar-refractivity contribution >= 4 is 28.9 Å². The van der Waals surface area contributed by atoms with Gasteiger partial charge in [-0.05, 0) is 71.8 Å². The maximum Gasteiger partial charge on any atom is 0.190 e. The Morgan fingerprint density at radius 1 is 0.977 bits per heavy atom. The number of phenolic OH excluding ortho intramolecular Hbond substituents is 1. The molecule has 0 amide bonds. The van der Waals surface area contributed by atoms with Crippen LogP contribution in [0.15, 0.2) is 36.4 Å². The van der Waals surface area contributed by atoms with Crippen LogP contribution in [0.3, 0.4) is 0 Å². The van der Waals surface area contributed by atoms with Crippen LogP contribution < -0.4 is 0 Å². The molecule has 2 aromatic carbocycles. The highest BCUT2D eigenvalue weighted by Crippen LogP contribution is 2.64. The zero-order chi connectivity index (χ0) is 31.8. The van der Waals surface area contributed by atoms with Gasteiger partial charge in [0.1, 0.15) is 17.5 Å². The lowest BCUT2D eigenvalue weighted by molar-refractivity contribution is -0.205. The van der Waals surface area contributed by atoms with E-state index in [-0.39, 0.29) is 30.1 Å². The first-order valence-corrected chi connectivity index (χ1v) is 15.4. The predicted molar refractivity (Wildman–Crippen MR) is 162 cm³/mol. The number of aromatic hydroxyl groups is 1. The lowest BCUT2D eigenvalue weighted by Crippen LogP contribution is -2.76. The van der Waals surface area contributed by atoms with E-state index in [0.717, 1.165) is 30.9 Å². The summed E-state index contributed by atoms with van der Waals surface area (Å²) in [6.07, 6.45) is 2.28. The summed E-state index contributed by atoms with van der Waals surface area (Å²) in [5, 5.41) is 23.1. The van der Waals surface area contributed by atoms with E-state index < -0.39 is 63.1 Å². The normalized spacial score (nSPS) is 32.7. The molecule has 3 aliphatic carbocycles. The Balaban J connectivity index is 1.66. The van der Waals surface area contributed by atoms with E-state index in [0.29, 0.717) is 11.5 Å². The molecular formula is C36H42O7. The summed E-state index contributed by atoms with van der Waals surface area (Å²) in [4.78, 5) is 68.7. The second-order valence-electron chi connectivity index (χ2n) is 14.2. The first-order chi connectivity index (χ1) is 20.0. The molecule has 7 heteroatoms. The van der Waals surface area contributed by atoms with E-state index in [9.17, 15) is 34.2 Å². The third-order valence-electron chi connectivity index (χ3n) is 10.8. The molecule has 5 rings (SSSR count). The lowest BCUT2D eigenvalue weighted by Gasteiger charge is -2.61. The number of fused-ring (bicyclic) bond motifs is 3. The van der Waals surface area contributed by atoms with Crippen LogP contribution in [0.5, 0.6) is 5.75 Å². The molecular weight excluding hydrogens is 544 g/mol. The highest BCUT2D eigenvalue weighted by Gasteiger charge is 2.76. The third kappa shape index (κ3) is 4.29. The molecule has 3 aliphatic rings. The van der Waals surface area contributed by atoms with Crippen molar-refractivity contribution in [1.82, 2.24) is 0 Å². The fourth-order valence-electron chi connectivity index (χ4n) is 8.77. The molecule has 2 saturated carbocycles. The number of phenols is 1. The molecule has 228 valence electrons. The van der Waals surface area contributed by atoms with Crippen LogP contribution in [0, 0.1) is 40.4 Å². The molecule has 0 heterocycles. The third-order valence-corrected chi connectivity index (χ3v) is 10.8. The predicted octanol–water partition coefficient (Wildman–Crippen LogP) is 5.35. The summed E-state index contributed by atoms with van der Waals surface area (Å²) in [7, 11) is 0. The number of hydrogen-bond acceptors (Lipinski definition) is 7. The van der Waals surface area contributed by atoms with Crippen molar-refractivity contribution in [3.05, 3.63) is 53.1 Å². The maximum atomic E-state index is 14.4. The lowest BCUT2D eigenvalue weighted by atomic mass is 9.40. The van der Waals surface area contributed by atoms with Gasteiger partial charge in [-0.25, -0.2) is 0 Å². The van der Waals surface area contributed by atoms with Crippen molar-refractivity contribution in [3.63, 3.8) is 0 Å². The van der Waals surface area contributed by atoms with Gasteiger partial charge >= 0.3 is 0 Å². The number of ketones is 5. The number of rotatable bonds is 6. The van der Waals surface area contributed by atoms with Gasteiger partial charge in [-0.2, -0.15) is 0 Å². The van der Waals surface area contributed by atoms with Crippen molar-refractivity contribution in [3.8, 4) is 16.9 Å². The largest absolute Gasteiger partial charge is 0.507 e. The molecule has 7 nitrogen and oxygen atoms in total. The summed E-state index contributed by atoms with van der Waals surface area (Å²) in [6.45, 7) is 12.4. The molecule has 0 aliphatic heterocycles. The van der Waals surface area contributed by atoms with Gasteiger partial charge in [0.2, 0.25) is 0 Å². The number of aliphatic hydroxyl groups is 1. The molecule has 0 radical (unpaired) electrons. The van der Waals surface area contributed by atoms with Crippen LogP contribution in [-0.4, -0.2) is 44.7 Å². The quantitative estimate of drug-likeness (QED) is 0.437. The van der Waals surface area contributed by atoms with Gasteiger partial charge in [-0.3, -0.25) is 24.0 Å². The van der Waals surface area contributed by atoms with Crippen LogP contribution in [0.1, 0.15) is 82.8 Å². The molecule has 2 fully saturated rings. The number of hydrogen-bond donors (Lipinski definition) is 2. The first-order valence-electron chi connectivity index (χ1n) is 15.4. The van der Waals surface area contributed by atoms with Gasteiger partial charge in [0.05, 0.1) is 11.5 Å². The minimum absolute atomic E-state index is 0.0204.